The number of aromatic nitrogens is 2. The Kier molecular flexibility index (Phi) is 3.61. The smallest absolute Gasteiger partial charge is 0.283 e. The van der Waals surface area contributed by atoms with Gasteiger partial charge in [-0.05, 0) is 41.1 Å². The van der Waals surface area contributed by atoms with Crippen molar-refractivity contribution in [3.63, 3.8) is 0 Å². The van der Waals surface area contributed by atoms with Crippen molar-refractivity contribution in [2.45, 2.75) is 13.0 Å². The third-order valence-corrected chi connectivity index (χ3v) is 3.15. The molecule has 1 heterocycles. The van der Waals surface area contributed by atoms with E-state index in [0.717, 1.165) is 11.4 Å². The second-order valence-electron chi connectivity index (χ2n) is 3.80. The molecule has 94 valence electrons. The number of aromatic amines is 1. The fraction of sp³-hybridized carbons (Fsp3) is 0.182. The summed E-state index contributed by atoms with van der Waals surface area (Å²) < 4.78 is 0.453. The molecular formula is C11H11BrN4O2. The molecule has 2 aromatic rings. The molecule has 2 rings (SSSR count). The van der Waals surface area contributed by atoms with E-state index in [1.165, 1.54) is 6.07 Å². The summed E-state index contributed by atoms with van der Waals surface area (Å²) in [7, 11) is 0. The Balaban J connectivity index is 2.15. The first-order valence-electron chi connectivity index (χ1n) is 5.27. The van der Waals surface area contributed by atoms with Crippen LogP contribution in [0.25, 0.3) is 0 Å². The predicted molar refractivity (Wildman–Crippen MR) is 71.4 cm³/mol. The predicted octanol–water partition coefficient (Wildman–Crippen LogP) is 3.25. The Bertz CT molecular complexity index is 556. The highest BCUT2D eigenvalue weighted by molar-refractivity contribution is 9.10. The monoisotopic (exact) mass is 310 g/mol. The fourth-order valence-electron chi connectivity index (χ4n) is 1.58. The number of hydrogen-bond acceptors (Lipinski definition) is 4. The average molecular weight is 311 g/mol. The summed E-state index contributed by atoms with van der Waals surface area (Å²) >= 11 is 3.18. The Morgan fingerprint density at radius 1 is 1.50 bits per heavy atom. The molecule has 7 heteroatoms. The van der Waals surface area contributed by atoms with E-state index in [0.29, 0.717) is 4.47 Å². The lowest BCUT2D eigenvalue weighted by Gasteiger charge is -2.13. The number of nitro benzene ring substituents is 1. The van der Waals surface area contributed by atoms with Crippen LogP contribution < -0.4 is 5.32 Å². The largest absolute Gasteiger partial charge is 0.377 e. The van der Waals surface area contributed by atoms with Crippen molar-refractivity contribution >= 4 is 27.3 Å². The van der Waals surface area contributed by atoms with Crippen molar-refractivity contribution in [1.82, 2.24) is 10.2 Å². The summed E-state index contributed by atoms with van der Waals surface area (Å²) in [6.07, 6.45) is 1.68. The molecule has 0 saturated carbocycles. The second-order valence-corrected chi connectivity index (χ2v) is 4.66. The average Bonchev–Trinajstić information content (AvgIpc) is 2.81. The highest BCUT2D eigenvalue weighted by atomic mass is 79.9. The van der Waals surface area contributed by atoms with Gasteiger partial charge in [0.1, 0.15) is 0 Å². The molecule has 1 atom stereocenters. The van der Waals surface area contributed by atoms with Gasteiger partial charge < -0.3 is 5.32 Å². The van der Waals surface area contributed by atoms with Gasteiger partial charge in [0.05, 0.1) is 21.1 Å². The molecule has 0 amide bonds. The van der Waals surface area contributed by atoms with Crippen molar-refractivity contribution in [3.8, 4) is 0 Å². The van der Waals surface area contributed by atoms with E-state index in [1.54, 1.807) is 18.3 Å². The molecule has 0 fully saturated rings. The molecular weight excluding hydrogens is 300 g/mol. The van der Waals surface area contributed by atoms with Gasteiger partial charge in [0.2, 0.25) is 0 Å². The van der Waals surface area contributed by atoms with E-state index in [-0.39, 0.29) is 11.7 Å². The van der Waals surface area contributed by atoms with Crippen LogP contribution in [0.3, 0.4) is 0 Å². The standard InChI is InChI=1S/C11H11BrN4O2/c1-7(10-4-5-13-15-10)14-8-2-3-11(16(17)18)9(12)6-8/h2-7,14H,1H3,(H,13,15). The lowest BCUT2D eigenvalue weighted by molar-refractivity contribution is -0.385. The van der Waals surface area contributed by atoms with Gasteiger partial charge in [-0.25, -0.2) is 0 Å². The van der Waals surface area contributed by atoms with Crippen LogP contribution in [0.1, 0.15) is 18.7 Å². The van der Waals surface area contributed by atoms with Gasteiger partial charge in [0.25, 0.3) is 5.69 Å². The number of benzene rings is 1. The minimum absolute atomic E-state index is 0.0425. The molecule has 0 saturated heterocycles. The van der Waals surface area contributed by atoms with Crippen molar-refractivity contribution in [2.75, 3.05) is 5.32 Å². The highest BCUT2D eigenvalue weighted by Gasteiger charge is 2.13. The van der Waals surface area contributed by atoms with Crippen molar-refractivity contribution in [2.24, 2.45) is 0 Å². The van der Waals surface area contributed by atoms with Crippen LogP contribution in [0.2, 0.25) is 0 Å². The Hall–Kier alpha value is -1.89. The number of anilines is 1. The van der Waals surface area contributed by atoms with Crippen molar-refractivity contribution < 1.29 is 4.92 Å². The van der Waals surface area contributed by atoms with E-state index in [4.69, 9.17) is 0 Å². The molecule has 0 aliphatic carbocycles. The maximum absolute atomic E-state index is 10.7. The topological polar surface area (TPSA) is 83.8 Å². The quantitative estimate of drug-likeness (QED) is 0.670. The van der Waals surface area contributed by atoms with Crippen molar-refractivity contribution in [1.29, 1.82) is 0 Å². The zero-order valence-electron chi connectivity index (χ0n) is 9.55. The van der Waals surface area contributed by atoms with Crippen molar-refractivity contribution in [3.05, 3.63) is 50.7 Å². The Labute approximate surface area is 112 Å². The molecule has 0 aliphatic heterocycles. The minimum atomic E-state index is -0.424. The first kappa shape index (κ1) is 12.6. The Morgan fingerprint density at radius 3 is 2.83 bits per heavy atom. The van der Waals surface area contributed by atoms with Crippen LogP contribution in [0.4, 0.5) is 11.4 Å². The molecule has 1 unspecified atom stereocenters. The molecule has 0 spiro atoms. The van der Waals surface area contributed by atoms with Crippen LogP contribution in [0, 0.1) is 10.1 Å². The van der Waals surface area contributed by atoms with Crippen LogP contribution >= 0.6 is 15.9 Å². The maximum atomic E-state index is 10.7. The molecule has 0 aliphatic rings. The molecule has 18 heavy (non-hydrogen) atoms. The van der Waals surface area contributed by atoms with E-state index >= 15 is 0 Å². The van der Waals surface area contributed by atoms with Gasteiger partial charge in [0, 0.05) is 18.0 Å². The van der Waals surface area contributed by atoms with E-state index in [1.807, 2.05) is 13.0 Å². The fourth-order valence-corrected chi connectivity index (χ4v) is 2.10. The zero-order valence-corrected chi connectivity index (χ0v) is 11.1. The number of rotatable bonds is 4. The zero-order chi connectivity index (χ0) is 13.1. The first-order chi connectivity index (χ1) is 8.58. The maximum Gasteiger partial charge on any atom is 0.283 e. The SMILES string of the molecule is CC(Nc1ccc([N+](=O)[O-])c(Br)c1)c1ccn[nH]1. The van der Waals surface area contributed by atoms with Crippen LogP contribution in [0.5, 0.6) is 0 Å². The van der Waals surface area contributed by atoms with Gasteiger partial charge in [-0.1, -0.05) is 0 Å². The lowest BCUT2D eigenvalue weighted by Crippen LogP contribution is -2.07. The minimum Gasteiger partial charge on any atom is -0.377 e. The van der Waals surface area contributed by atoms with Crippen LogP contribution in [-0.2, 0) is 0 Å². The molecule has 6 nitrogen and oxygen atoms in total. The van der Waals surface area contributed by atoms with Crippen LogP contribution in [-0.4, -0.2) is 15.1 Å². The molecule has 0 radical (unpaired) electrons. The van der Waals surface area contributed by atoms with Crippen LogP contribution in [0.15, 0.2) is 34.9 Å². The van der Waals surface area contributed by atoms with Gasteiger partial charge in [0.15, 0.2) is 0 Å². The molecule has 1 aromatic carbocycles. The summed E-state index contributed by atoms with van der Waals surface area (Å²) in [5.41, 5.74) is 1.80. The highest BCUT2D eigenvalue weighted by Crippen LogP contribution is 2.29. The first-order valence-corrected chi connectivity index (χ1v) is 6.07. The van der Waals surface area contributed by atoms with Gasteiger partial charge in [-0.3, -0.25) is 15.2 Å². The molecule has 0 bridgehead atoms. The van der Waals surface area contributed by atoms with Gasteiger partial charge >= 0.3 is 0 Å². The number of H-pyrrole nitrogens is 1. The summed E-state index contributed by atoms with van der Waals surface area (Å²) in [4.78, 5) is 10.3. The third kappa shape index (κ3) is 2.67. The lowest BCUT2D eigenvalue weighted by atomic mass is 10.2. The number of nitrogens with zero attached hydrogens (tertiary/aromatic N) is 2. The van der Waals surface area contributed by atoms with E-state index in [2.05, 4.69) is 31.4 Å². The third-order valence-electron chi connectivity index (χ3n) is 2.52. The summed E-state index contributed by atoms with van der Waals surface area (Å²) in [6.45, 7) is 1.98. The summed E-state index contributed by atoms with van der Waals surface area (Å²) in [5.74, 6) is 0. The summed E-state index contributed by atoms with van der Waals surface area (Å²) in [5, 5.41) is 20.7. The van der Waals surface area contributed by atoms with Gasteiger partial charge in [-0.2, -0.15) is 5.10 Å². The number of nitro groups is 1. The van der Waals surface area contributed by atoms with Gasteiger partial charge in [-0.15, -0.1) is 0 Å². The summed E-state index contributed by atoms with van der Waals surface area (Å²) in [6, 6.07) is 6.74. The van der Waals surface area contributed by atoms with E-state index < -0.39 is 4.92 Å². The number of nitrogens with one attached hydrogen (secondary N) is 2. The molecule has 2 N–H and O–H groups in total. The molecule has 1 aromatic heterocycles. The number of halogens is 1. The Morgan fingerprint density at radius 2 is 2.28 bits per heavy atom. The number of hydrogen-bond donors (Lipinski definition) is 2. The second kappa shape index (κ2) is 5.18. The van der Waals surface area contributed by atoms with E-state index in [9.17, 15) is 10.1 Å². The normalized spacial score (nSPS) is 12.1.